The van der Waals surface area contributed by atoms with Crippen molar-refractivity contribution in [1.29, 1.82) is 0 Å². The Balaban J connectivity index is 2.69. The van der Waals surface area contributed by atoms with Crippen LogP contribution in [0.4, 0.5) is 0 Å². The van der Waals surface area contributed by atoms with Crippen molar-refractivity contribution in [3.8, 4) is 5.88 Å². The molecule has 3 nitrogen and oxygen atoms in total. The zero-order valence-electron chi connectivity index (χ0n) is 7.99. The number of rotatable bonds is 3. The largest absolute Gasteiger partial charge is 0.474 e. The molecule has 0 N–H and O–H groups in total. The summed E-state index contributed by atoms with van der Waals surface area (Å²) in [7, 11) is 0. The number of hydrogen-bond acceptors (Lipinski definition) is 3. The Labute approximate surface area is 92.1 Å². The quantitative estimate of drug-likeness (QED) is 0.803. The maximum absolute atomic E-state index is 5.65. The molecule has 72 valence electrons. The molecule has 0 saturated carbocycles. The third-order valence-electron chi connectivity index (χ3n) is 1.87. The minimum absolute atomic E-state index is 0.184. The van der Waals surface area contributed by atoms with Gasteiger partial charge in [-0.3, -0.25) is 0 Å². The van der Waals surface area contributed by atoms with E-state index in [1.54, 1.807) is 6.20 Å². The van der Waals surface area contributed by atoms with Crippen LogP contribution in [0.3, 0.4) is 0 Å². The van der Waals surface area contributed by atoms with E-state index in [2.05, 4.69) is 46.4 Å². The third-order valence-corrected chi connectivity index (χ3v) is 2.61. The van der Waals surface area contributed by atoms with E-state index in [0.717, 1.165) is 3.57 Å². The highest BCUT2D eigenvalue weighted by atomic mass is 127. The van der Waals surface area contributed by atoms with Crippen molar-refractivity contribution in [3.63, 3.8) is 0 Å². The average Bonchev–Trinajstić information content (AvgIpc) is 2.08. The second kappa shape index (κ2) is 4.74. The van der Waals surface area contributed by atoms with Gasteiger partial charge in [-0.15, -0.1) is 0 Å². The number of halogens is 1. The van der Waals surface area contributed by atoms with Gasteiger partial charge >= 0.3 is 0 Å². The van der Waals surface area contributed by atoms with Crippen molar-refractivity contribution in [2.24, 2.45) is 5.92 Å². The molecule has 0 amide bonds. The van der Waals surface area contributed by atoms with Crippen LogP contribution in [0.15, 0.2) is 12.5 Å². The molecule has 1 aromatic heterocycles. The van der Waals surface area contributed by atoms with Crippen LogP contribution < -0.4 is 4.74 Å². The fraction of sp³-hybridized carbons (Fsp3) is 0.556. The van der Waals surface area contributed by atoms with E-state index in [4.69, 9.17) is 4.74 Å². The van der Waals surface area contributed by atoms with Gasteiger partial charge in [-0.1, -0.05) is 13.8 Å². The first-order valence-corrected chi connectivity index (χ1v) is 5.31. The molecule has 1 rings (SSSR count). The van der Waals surface area contributed by atoms with E-state index in [-0.39, 0.29) is 6.10 Å². The molecule has 0 aromatic carbocycles. The van der Waals surface area contributed by atoms with Crippen molar-refractivity contribution in [3.05, 3.63) is 16.1 Å². The highest BCUT2D eigenvalue weighted by molar-refractivity contribution is 14.1. The first kappa shape index (κ1) is 10.7. The van der Waals surface area contributed by atoms with E-state index in [0.29, 0.717) is 11.8 Å². The molecule has 0 aliphatic heterocycles. The number of nitrogens with zero attached hydrogens (tertiary/aromatic N) is 2. The van der Waals surface area contributed by atoms with Gasteiger partial charge in [-0.2, -0.15) is 0 Å². The molecular weight excluding hydrogens is 279 g/mol. The van der Waals surface area contributed by atoms with Gasteiger partial charge in [0.05, 0.1) is 9.67 Å². The van der Waals surface area contributed by atoms with Crippen LogP contribution in [0.1, 0.15) is 20.8 Å². The van der Waals surface area contributed by atoms with Crippen LogP contribution in [0, 0.1) is 9.49 Å². The third kappa shape index (κ3) is 3.10. The van der Waals surface area contributed by atoms with Gasteiger partial charge < -0.3 is 4.74 Å². The van der Waals surface area contributed by atoms with Gasteiger partial charge in [0.2, 0.25) is 5.88 Å². The molecule has 0 aliphatic carbocycles. The van der Waals surface area contributed by atoms with Crippen LogP contribution in [0.25, 0.3) is 0 Å². The Kier molecular flexibility index (Phi) is 3.90. The highest BCUT2D eigenvalue weighted by Gasteiger charge is 2.11. The Bertz CT molecular complexity index is 278. The lowest BCUT2D eigenvalue weighted by Gasteiger charge is -2.17. The van der Waals surface area contributed by atoms with Crippen LogP contribution in [0.2, 0.25) is 0 Å². The Morgan fingerprint density at radius 3 is 2.62 bits per heavy atom. The van der Waals surface area contributed by atoms with Gasteiger partial charge in [-0.25, -0.2) is 9.97 Å². The zero-order valence-corrected chi connectivity index (χ0v) is 10.1. The molecule has 1 atom stereocenters. The molecule has 0 fully saturated rings. The second-order valence-electron chi connectivity index (χ2n) is 3.24. The predicted molar refractivity (Wildman–Crippen MR) is 59.7 cm³/mol. The topological polar surface area (TPSA) is 35.0 Å². The van der Waals surface area contributed by atoms with Gasteiger partial charge in [0.1, 0.15) is 6.33 Å². The van der Waals surface area contributed by atoms with E-state index < -0.39 is 0 Å². The molecule has 0 saturated heterocycles. The smallest absolute Gasteiger partial charge is 0.230 e. The van der Waals surface area contributed by atoms with Crippen LogP contribution >= 0.6 is 22.6 Å². The van der Waals surface area contributed by atoms with Gasteiger partial charge in [-0.05, 0) is 35.4 Å². The van der Waals surface area contributed by atoms with Crippen LogP contribution in [-0.4, -0.2) is 16.1 Å². The van der Waals surface area contributed by atoms with E-state index in [1.165, 1.54) is 6.33 Å². The average molecular weight is 292 g/mol. The zero-order chi connectivity index (χ0) is 9.84. The Morgan fingerprint density at radius 2 is 2.08 bits per heavy atom. The van der Waals surface area contributed by atoms with Crippen LogP contribution in [-0.2, 0) is 0 Å². The predicted octanol–water partition coefficient (Wildman–Crippen LogP) is 2.50. The minimum atomic E-state index is 0.184. The molecule has 4 heteroatoms. The first-order chi connectivity index (χ1) is 6.11. The Hall–Kier alpha value is -0.390. The number of hydrogen-bond donors (Lipinski definition) is 0. The summed E-state index contributed by atoms with van der Waals surface area (Å²) in [6, 6.07) is 0. The molecule has 0 aliphatic rings. The monoisotopic (exact) mass is 292 g/mol. The molecule has 1 unspecified atom stereocenters. The molecule has 13 heavy (non-hydrogen) atoms. The fourth-order valence-electron chi connectivity index (χ4n) is 0.700. The SMILES string of the molecule is CC(C)C(C)Oc1ncncc1I. The van der Waals surface area contributed by atoms with Gasteiger partial charge in [0, 0.05) is 6.20 Å². The summed E-state index contributed by atoms with van der Waals surface area (Å²) < 4.78 is 6.60. The summed E-state index contributed by atoms with van der Waals surface area (Å²) in [5.41, 5.74) is 0. The van der Waals surface area contributed by atoms with Gasteiger partial charge in [0.25, 0.3) is 0 Å². The van der Waals surface area contributed by atoms with Gasteiger partial charge in [0.15, 0.2) is 0 Å². The standard InChI is InChI=1S/C9H13IN2O/c1-6(2)7(3)13-9-8(10)4-11-5-12-9/h4-7H,1-3H3. The molecule has 0 bridgehead atoms. The van der Waals surface area contributed by atoms with E-state index in [1.807, 2.05) is 6.92 Å². The fourth-order valence-corrected chi connectivity index (χ4v) is 1.13. The minimum Gasteiger partial charge on any atom is -0.474 e. The van der Waals surface area contributed by atoms with Crippen molar-refractivity contribution in [1.82, 2.24) is 9.97 Å². The Morgan fingerprint density at radius 1 is 1.38 bits per heavy atom. The highest BCUT2D eigenvalue weighted by Crippen LogP contribution is 2.18. The summed E-state index contributed by atoms with van der Waals surface area (Å²) >= 11 is 2.17. The molecule has 1 heterocycles. The number of ether oxygens (including phenoxy) is 1. The molecular formula is C9H13IN2O. The van der Waals surface area contributed by atoms with E-state index >= 15 is 0 Å². The number of aromatic nitrogens is 2. The van der Waals surface area contributed by atoms with Crippen molar-refractivity contribution in [2.75, 3.05) is 0 Å². The van der Waals surface area contributed by atoms with Crippen molar-refractivity contribution < 1.29 is 4.74 Å². The van der Waals surface area contributed by atoms with E-state index in [9.17, 15) is 0 Å². The summed E-state index contributed by atoms with van der Waals surface area (Å²) in [5.74, 6) is 1.17. The summed E-state index contributed by atoms with van der Waals surface area (Å²) in [5, 5.41) is 0. The van der Waals surface area contributed by atoms with Crippen molar-refractivity contribution in [2.45, 2.75) is 26.9 Å². The summed E-state index contributed by atoms with van der Waals surface area (Å²) in [6.45, 7) is 6.29. The first-order valence-electron chi connectivity index (χ1n) is 4.23. The lowest BCUT2D eigenvalue weighted by molar-refractivity contribution is 0.161. The summed E-state index contributed by atoms with van der Waals surface area (Å²) in [6.07, 6.45) is 3.43. The maximum Gasteiger partial charge on any atom is 0.230 e. The summed E-state index contributed by atoms with van der Waals surface area (Å²) in [4.78, 5) is 7.96. The molecule has 0 spiro atoms. The van der Waals surface area contributed by atoms with Crippen molar-refractivity contribution >= 4 is 22.6 Å². The maximum atomic E-state index is 5.65. The molecule has 0 radical (unpaired) electrons. The lowest BCUT2D eigenvalue weighted by atomic mass is 10.1. The lowest BCUT2D eigenvalue weighted by Crippen LogP contribution is -2.19. The normalized spacial score (nSPS) is 13.0. The molecule has 1 aromatic rings. The van der Waals surface area contributed by atoms with Crippen LogP contribution in [0.5, 0.6) is 5.88 Å². The second-order valence-corrected chi connectivity index (χ2v) is 4.41.